The van der Waals surface area contributed by atoms with Gasteiger partial charge in [-0.1, -0.05) is 11.8 Å². The summed E-state index contributed by atoms with van der Waals surface area (Å²) in [6, 6.07) is 1.08. The zero-order chi connectivity index (χ0) is 17.9. The summed E-state index contributed by atoms with van der Waals surface area (Å²) in [4.78, 5) is 36.8. The average Bonchev–Trinajstić information content (AvgIpc) is 2.79. The molecular formula is C11H16N2O7PS3-. The predicted octanol–water partition coefficient (Wildman–Crippen LogP) is -1.58. The number of aliphatic hydroxyl groups is 2. The first-order chi connectivity index (χ1) is 11.2. The lowest BCUT2D eigenvalue weighted by Gasteiger charge is -2.28. The number of hydrogen-bond acceptors (Lipinski definition) is 10. The van der Waals surface area contributed by atoms with Crippen LogP contribution in [0.2, 0.25) is 0 Å². The van der Waals surface area contributed by atoms with Crippen molar-refractivity contribution in [1.29, 1.82) is 0 Å². The molecular weight excluding hydrogens is 399 g/mol. The molecule has 0 bridgehead atoms. The van der Waals surface area contributed by atoms with E-state index in [1.54, 1.807) is 0 Å². The van der Waals surface area contributed by atoms with Gasteiger partial charge in [0, 0.05) is 23.7 Å². The van der Waals surface area contributed by atoms with Gasteiger partial charge in [-0.05, 0) is 5.75 Å². The number of hydrogen-bond donors (Lipinski definition) is 4. The molecule has 136 valence electrons. The molecule has 5 atom stereocenters. The van der Waals surface area contributed by atoms with E-state index >= 15 is 0 Å². The molecule has 24 heavy (non-hydrogen) atoms. The maximum atomic E-state index is 12.0. The van der Waals surface area contributed by atoms with Gasteiger partial charge >= 0.3 is 5.69 Å². The molecule has 13 heteroatoms. The van der Waals surface area contributed by atoms with Gasteiger partial charge in [-0.3, -0.25) is 14.3 Å². The van der Waals surface area contributed by atoms with Crippen LogP contribution in [0.15, 0.2) is 21.9 Å². The minimum Gasteiger partial charge on any atom is -0.793 e. The Morgan fingerprint density at radius 3 is 2.83 bits per heavy atom. The number of aromatic nitrogens is 2. The van der Waals surface area contributed by atoms with E-state index < -0.39 is 41.5 Å². The second-order valence-electron chi connectivity index (χ2n) is 4.86. The van der Waals surface area contributed by atoms with Crippen molar-refractivity contribution in [3.05, 3.63) is 33.1 Å². The Balaban J connectivity index is 2.06. The van der Waals surface area contributed by atoms with Gasteiger partial charge in [0.15, 0.2) is 6.23 Å². The van der Waals surface area contributed by atoms with Crippen LogP contribution in [0, 0.1) is 0 Å². The molecule has 1 fully saturated rings. The number of ether oxygens (including phenoxy) is 1. The van der Waals surface area contributed by atoms with E-state index in [2.05, 4.69) is 12.6 Å². The van der Waals surface area contributed by atoms with Gasteiger partial charge in [-0.2, -0.15) is 12.6 Å². The summed E-state index contributed by atoms with van der Waals surface area (Å²) in [5.74, 6) is 0.920. The normalized spacial score (nSPS) is 29.5. The third-order valence-corrected chi connectivity index (χ3v) is 7.97. The number of nitrogens with one attached hydrogen (secondary N) is 1. The third kappa shape index (κ3) is 4.93. The topological polar surface area (TPSA) is 137 Å². The fourth-order valence-corrected chi connectivity index (χ4v) is 5.70. The van der Waals surface area contributed by atoms with Crippen molar-refractivity contribution in [3.8, 4) is 0 Å². The molecule has 0 radical (unpaired) electrons. The average molecular weight is 415 g/mol. The maximum absolute atomic E-state index is 12.0. The molecule has 0 amide bonds. The van der Waals surface area contributed by atoms with E-state index in [-0.39, 0.29) is 6.61 Å². The standard InChI is InChI=1S/C11H17N2O7PS3/c14-7-1-2-13(11(17)12-7)10-9(16)8(15)6(20-10)5-19-21(18,23)24-4-3-22/h1-2,6,8-10,15-16,22H,3-5H2,(H,18,23)(H,12,14,17)/p-1/t6-,8+,9?,10-,21?/m1/s1. The summed E-state index contributed by atoms with van der Waals surface area (Å²) in [5, 5.41) is 20.1. The van der Waals surface area contributed by atoms with Crippen molar-refractivity contribution in [2.75, 3.05) is 18.1 Å². The molecule has 1 aromatic heterocycles. The van der Waals surface area contributed by atoms with Crippen LogP contribution in [0.25, 0.3) is 0 Å². The molecule has 0 aliphatic carbocycles. The molecule has 2 unspecified atom stereocenters. The summed E-state index contributed by atoms with van der Waals surface area (Å²) < 4.78 is 11.5. The second kappa shape index (κ2) is 8.47. The van der Waals surface area contributed by atoms with Crippen molar-refractivity contribution >= 4 is 41.5 Å². The van der Waals surface area contributed by atoms with E-state index in [4.69, 9.17) is 21.1 Å². The summed E-state index contributed by atoms with van der Waals surface area (Å²) >= 11 is 9.76. The molecule has 9 nitrogen and oxygen atoms in total. The van der Waals surface area contributed by atoms with Crippen LogP contribution in [-0.2, 0) is 21.1 Å². The maximum Gasteiger partial charge on any atom is 0.330 e. The monoisotopic (exact) mass is 415 g/mol. The van der Waals surface area contributed by atoms with Crippen LogP contribution < -0.4 is 16.1 Å². The highest BCUT2D eigenvalue weighted by Gasteiger charge is 2.44. The molecule has 1 aliphatic heterocycles. The van der Waals surface area contributed by atoms with E-state index in [0.717, 1.165) is 28.2 Å². The Hall–Kier alpha value is -0.170. The number of thiol groups is 1. The Morgan fingerprint density at radius 2 is 2.21 bits per heavy atom. The molecule has 0 saturated carbocycles. The summed E-state index contributed by atoms with van der Waals surface area (Å²) in [6.45, 7) is -0.312. The quantitative estimate of drug-likeness (QED) is 0.307. The molecule has 1 saturated heterocycles. The largest absolute Gasteiger partial charge is 0.793 e. The molecule has 0 aromatic carbocycles. The van der Waals surface area contributed by atoms with Gasteiger partial charge in [0.1, 0.15) is 18.3 Å². The number of rotatable bonds is 7. The lowest BCUT2D eigenvalue weighted by molar-refractivity contribution is -0.178. The van der Waals surface area contributed by atoms with Crippen molar-refractivity contribution in [1.82, 2.24) is 9.55 Å². The summed E-state index contributed by atoms with van der Waals surface area (Å²) in [5.41, 5.74) is -4.75. The Kier molecular flexibility index (Phi) is 7.11. The fraction of sp³-hybridized carbons (Fsp3) is 0.636. The fourth-order valence-electron chi connectivity index (χ4n) is 2.08. The summed E-state index contributed by atoms with van der Waals surface area (Å²) in [6.07, 6.45) is -3.91. The van der Waals surface area contributed by atoms with E-state index in [9.17, 15) is 24.7 Å². The van der Waals surface area contributed by atoms with Gasteiger partial charge < -0.3 is 24.4 Å². The molecule has 1 aromatic rings. The van der Waals surface area contributed by atoms with E-state index in [0.29, 0.717) is 11.5 Å². The highest BCUT2D eigenvalue weighted by atomic mass is 32.9. The second-order valence-corrected chi connectivity index (χ2v) is 11.5. The third-order valence-electron chi connectivity index (χ3n) is 3.20. The molecule has 1 aliphatic rings. The van der Waals surface area contributed by atoms with Crippen LogP contribution in [0.4, 0.5) is 0 Å². The molecule has 2 heterocycles. The van der Waals surface area contributed by atoms with Crippen molar-refractivity contribution in [2.45, 2.75) is 24.5 Å². The van der Waals surface area contributed by atoms with Gasteiger partial charge in [0.05, 0.1) is 6.61 Å². The minimum absolute atomic E-state index is 0.312. The van der Waals surface area contributed by atoms with Crippen molar-refractivity contribution in [3.63, 3.8) is 0 Å². The van der Waals surface area contributed by atoms with Crippen LogP contribution in [0.5, 0.6) is 0 Å². The van der Waals surface area contributed by atoms with Gasteiger partial charge in [0.25, 0.3) is 5.56 Å². The van der Waals surface area contributed by atoms with Crippen molar-refractivity contribution < 1.29 is 24.4 Å². The van der Waals surface area contributed by atoms with Gasteiger partial charge in [0.2, 0.25) is 0 Å². The predicted molar refractivity (Wildman–Crippen MR) is 93.8 cm³/mol. The zero-order valence-electron chi connectivity index (χ0n) is 12.2. The van der Waals surface area contributed by atoms with Crippen molar-refractivity contribution in [2.24, 2.45) is 0 Å². The van der Waals surface area contributed by atoms with Crippen LogP contribution in [0.3, 0.4) is 0 Å². The smallest absolute Gasteiger partial charge is 0.330 e. The first-order valence-corrected chi connectivity index (χ1v) is 11.7. The Labute approximate surface area is 151 Å². The SMILES string of the molecule is O=c1ccn([C@@H]2O[C@H](COP([O-])(=S)SCCS)[C@H](O)C2O)c(=O)[nH]1. The first kappa shape index (κ1) is 20.1. The lowest BCUT2D eigenvalue weighted by Crippen LogP contribution is -2.37. The number of nitrogens with zero attached hydrogens (tertiary/aromatic N) is 1. The number of aromatic amines is 1. The van der Waals surface area contributed by atoms with E-state index in [1.165, 1.54) is 0 Å². The highest BCUT2D eigenvalue weighted by Crippen LogP contribution is 2.52. The highest BCUT2D eigenvalue weighted by molar-refractivity contribution is 8.67. The minimum atomic E-state index is -3.35. The first-order valence-electron chi connectivity index (χ1n) is 6.79. The number of aliphatic hydroxyl groups excluding tert-OH is 2. The number of H-pyrrole nitrogens is 1. The molecule has 2 rings (SSSR count). The molecule has 3 N–H and O–H groups in total. The van der Waals surface area contributed by atoms with Gasteiger partial charge in [-0.25, -0.2) is 4.79 Å². The Morgan fingerprint density at radius 1 is 1.50 bits per heavy atom. The summed E-state index contributed by atoms with van der Waals surface area (Å²) in [7, 11) is 0. The zero-order valence-corrected chi connectivity index (χ0v) is 15.6. The van der Waals surface area contributed by atoms with E-state index in [1.807, 2.05) is 4.98 Å². The van der Waals surface area contributed by atoms with Gasteiger partial charge in [-0.15, -0.1) is 11.4 Å². The molecule has 0 spiro atoms. The van der Waals surface area contributed by atoms with Crippen LogP contribution in [-0.4, -0.2) is 56.2 Å². The Bertz CT molecular complexity index is 726. The van der Waals surface area contributed by atoms with Crippen LogP contribution >= 0.6 is 29.7 Å². The lowest BCUT2D eigenvalue weighted by atomic mass is 10.1. The van der Waals surface area contributed by atoms with Crippen LogP contribution in [0.1, 0.15) is 6.23 Å².